The molecule has 0 atom stereocenters. The third kappa shape index (κ3) is 4.13. The average molecular weight is 496 g/mol. The van der Waals surface area contributed by atoms with E-state index in [-0.39, 0.29) is 0 Å². The Morgan fingerprint density at radius 2 is 0.857 bits per heavy atom. The van der Waals surface area contributed by atoms with Gasteiger partial charge in [0.25, 0.3) is 0 Å². The molecule has 28 heavy (non-hydrogen) atoms. The number of nitrogens with one attached hydrogen (secondary N) is 1. The monoisotopic (exact) mass is 494 g/mol. The lowest BCUT2D eigenvalue weighted by Crippen LogP contribution is -2.00. The molecule has 0 bridgehead atoms. The van der Waals surface area contributed by atoms with Crippen LogP contribution < -0.4 is 5.32 Å². The number of anilines is 1. The Kier molecular flexibility index (Phi) is 5.50. The summed E-state index contributed by atoms with van der Waals surface area (Å²) in [5.41, 5.74) is 3.87. The molecule has 0 unspecified atom stereocenters. The highest BCUT2D eigenvalue weighted by atomic mass is 79.9. The zero-order valence-corrected chi connectivity index (χ0v) is 18.2. The van der Waals surface area contributed by atoms with Gasteiger partial charge >= 0.3 is 0 Å². The van der Waals surface area contributed by atoms with E-state index in [1.54, 1.807) is 0 Å². The van der Waals surface area contributed by atoms with Crippen LogP contribution in [0.3, 0.4) is 0 Å². The summed E-state index contributed by atoms with van der Waals surface area (Å²) in [5, 5.41) is 3.13. The Morgan fingerprint density at radius 1 is 0.536 bits per heavy atom. The summed E-state index contributed by atoms with van der Waals surface area (Å²) in [6.45, 7) is 0. The third-order valence-electron chi connectivity index (χ3n) is 4.27. The standard InChI is InChI=1S/C22H16Br2N4/c1-25-19-12-6-16(7-13-19)22-27-20(14-2-8-17(23)9-3-14)26-21(28-22)15-4-10-18(24)11-5-15/h2-13,25H,1H3. The predicted octanol–water partition coefficient (Wildman–Crippen LogP) is 6.44. The van der Waals surface area contributed by atoms with Gasteiger partial charge in [0.05, 0.1) is 0 Å². The van der Waals surface area contributed by atoms with Crippen molar-refractivity contribution in [3.05, 3.63) is 81.7 Å². The van der Waals surface area contributed by atoms with E-state index in [1.165, 1.54) is 0 Å². The van der Waals surface area contributed by atoms with Gasteiger partial charge in [-0.15, -0.1) is 0 Å². The number of hydrogen-bond acceptors (Lipinski definition) is 4. The van der Waals surface area contributed by atoms with Crippen molar-refractivity contribution in [2.45, 2.75) is 0 Å². The zero-order chi connectivity index (χ0) is 19.5. The van der Waals surface area contributed by atoms with Crippen molar-refractivity contribution in [2.24, 2.45) is 0 Å². The smallest absolute Gasteiger partial charge is 0.164 e. The summed E-state index contributed by atoms with van der Waals surface area (Å²) in [6, 6.07) is 24.0. The second-order valence-corrected chi connectivity index (χ2v) is 7.98. The lowest BCUT2D eigenvalue weighted by molar-refractivity contribution is 1.07. The molecule has 4 nitrogen and oxygen atoms in total. The SMILES string of the molecule is CNc1ccc(-c2nc(-c3ccc(Br)cc3)nc(-c3ccc(Br)cc3)n2)cc1. The summed E-state index contributed by atoms with van der Waals surface area (Å²) in [4.78, 5) is 14.2. The van der Waals surface area contributed by atoms with Crippen LogP contribution in [0.4, 0.5) is 5.69 Å². The molecule has 1 heterocycles. The number of halogens is 2. The maximum absolute atomic E-state index is 4.73. The second-order valence-electron chi connectivity index (χ2n) is 6.15. The van der Waals surface area contributed by atoms with Gasteiger partial charge in [-0.1, -0.05) is 56.1 Å². The normalized spacial score (nSPS) is 10.7. The van der Waals surface area contributed by atoms with E-state index in [0.717, 1.165) is 31.3 Å². The van der Waals surface area contributed by atoms with Crippen LogP contribution in [-0.4, -0.2) is 22.0 Å². The molecule has 0 aliphatic carbocycles. The molecule has 4 rings (SSSR count). The van der Waals surface area contributed by atoms with Crippen molar-refractivity contribution in [3.8, 4) is 34.2 Å². The van der Waals surface area contributed by atoms with Crippen molar-refractivity contribution >= 4 is 37.5 Å². The van der Waals surface area contributed by atoms with Gasteiger partial charge in [-0.25, -0.2) is 15.0 Å². The van der Waals surface area contributed by atoms with E-state index < -0.39 is 0 Å². The molecule has 0 spiro atoms. The van der Waals surface area contributed by atoms with Gasteiger partial charge in [-0.05, 0) is 48.5 Å². The Labute approximate surface area is 180 Å². The van der Waals surface area contributed by atoms with Gasteiger partial charge in [0, 0.05) is 38.4 Å². The van der Waals surface area contributed by atoms with E-state index in [0.29, 0.717) is 17.5 Å². The highest BCUT2D eigenvalue weighted by molar-refractivity contribution is 9.10. The van der Waals surface area contributed by atoms with Gasteiger partial charge in [-0.2, -0.15) is 0 Å². The van der Waals surface area contributed by atoms with Gasteiger partial charge < -0.3 is 5.32 Å². The van der Waals surface area contributed by atoms with E-state index in [2.05, 4.69) is 37.2 Å². The van der Waals surface area contributed by atoms with Crippen molar-refractivity contribution in [1.82, 2.24) is 15.0 Å². The summed E-state index contributed by atoms with van der Waals surface area (Å²) in [6.07, 6.45) is 0. The van der Waals surface area contributed by atoms with Crippen LogP contribution >= 0.6 is 31.9 Å². The summed E-state index contributed by atoms with van der Waals surface area (Å²) in [7, 11) is 1.90. The van der Waals surface area contributed by atoms with Crippen molar-refractivity contribution in [1.29, 1.82) is 0 Å². The first-order chi connectivity index (χ1) is 13.6. The average Bonchev–Trinajstić information content (AvgIpc) is 2.74. The minimum Gasteiger partial charge on any atom is -0.388 e. The van der Waals surface area contributed by atoms with Crippen molar-refractivity contribution < 1.29 is 0 Å². The molecule has 6 heteroatoms. The molecule has 138 valence electrons. The second kappa shape index (κ2) is 8.20. The van der Waals surface area contributed by atoms with Crippen molar-refractivity contribution in [2.75, 3.05) is 12.4 Å². The fraction of sp³-hybridized carbons (Fsp3) is 0.0455. The Hall–Kier alpha value is -2.57. The largest absolute Gasteiger partial charge is 0.388 e. The highest BCUT2D eigenvalue weighted by Gasteiger charge is 2.12. The molecule has 4 aromatic rings. The zero-order valence-electron chi connectivity index (χ0n) is 15.0. The fourth-order valence-corrected chi connectivity index (χ4v) is 3.28. The molecule has 0 amide bonds. The molecule has 0 saturated carbocycles. The third-order valence-corrected chi connectivity index (χ3v) is 5.33. The Bertz CT molecular complexity index is 1030. The molecule has 1 N–H and O–H groups in total. The number of benzene rings is 3. The highest BCUT2D eigenvalue weighted by Crippen LogP contribution is 2.26. The number of hydrogen-bond donors (Lipinski definition) is 1. The van der Waals surface area contributed by atoms with Gasteiger partial charge in [0.2, 0.25) is 0 Å². The van der Waals surface area contributed by atoms with Crippen LogP contribution in [0.5, 0.6) is 0 Å². The maximum Gasteiger partial charge on any atom is 0.164 e. The molecule has 3 aromatic carbocycles. The van der Waals surface area contributed by atoms with Crippen LogP contribution in [0.2, 0.25) is 0 Å². The molecule has 0 aliphatic heterocycles. The van der Waals surface area contributed by atoms with Crippen LogP contribution in [0.1, 0.15) is 0 Å². The minimum absolute atomic E-state index is 0.646. The molecular formula is C22H16Br2N4. The van der Waals surface area contributed by atoms with E-state index >= 15 is 0 Å². The molecule has 1 aromatic heterocycles. The number of nitrogens with zero attached hydrogens (tertiary/aromatic N) is 3. The summed E-state index contributed by atoms with van der Waals surface area (Å²) < 4.78 is 2.03. The topological polar surface area (TPSA) is 50.7 Å². The van der Waals surface area contributed by atoms with Crippen LogP contribution in [0, 0.1) is 0 Å². The number of aromatic nitrogens is 3. The molecule has 0 saturated heterocycles. The van der Waals surface area contributed by atoms with E-state index in [1.807, 2.05) is 79.8 Å². The van der Waals surface area contributed by atoms with E-state index in [4.69, 9.17) is 15.0 Å². The molecular weight excluding hydrogens is 480 g/mol. The Balaban J connectivity index is 1.86. The first-order valence-electron chi connectivity index (χ1n) is 8.68. The fourth-order valence-electron chi connectivity index (χ4n) is 2.75. The van der Waals surface area contributed by atoms with Crippen LogP contribution in [-0.2, 0) is 0 Å². The van der Waals surface area contributed by atoms with Gasteiger partial charge in [0.1, 0.15) is 0 Å². The first-order valence-corrected chi connectivity index (χ1v) is 10.3. The first kappa shape index (κ1) is 18.8. The lowest BCUT2D eigenvalue weighted by atomic mass is 10.1. The maximum atomic E-state index is 4.73. The summed E-state index contributed by atoms with van der Waals surface area (Å²) in [5.74, 6) is 1.94. The minimum atomic E-state index is 0.646. The quantitative estimate of drug-likeness (QED) is 0.354. The van der Waals surface area contributed by atoms with Gasteiger partial charge in [-0.3, -0.25) is 0 Å². The number of rotatable bonds is 4. The molecule has 0 aliphatic rings. The van der Waals surface area contributed by atoms with E-state index in [9.17, 15) is 0 Å². The predicted molar refractivity (Wildman–Crippen MR) is 121 cm³/mol. The lowest BCUT2D eigenvalue weighted by Gasteiger charge is -2.09. The molecule has 0 radical (unpaired) electrons. The Morgan fingerprint density at radius 3 is 1.18 bits per heavy atom. The van der Waals surface area contributed by atoms with Crippen LogP contribution in [0.25, 0.3) is 34.2 Å². The van der Waals surface area contributed by atoms with Crippen LogP contribution in [0.15, 0.2) is 81.7 Å². The summed E-state index contributed by atoms with van der Waals surface area (Å²) >= 11 is 6.95. The van der Waals surface area contributed by atoms with Gasteiger partial charge in [0.15, 0.2) is 17.5 Å². The molecule has 0 fully saturated rings. The van der Waals surface area contributed by atoms with Crippen molar-refractivity contribution in [3.63, 3.8) is 0 Å².